The van der Waals surface area contributed by atoms with Crippen molar-refractivity contribution in [3.8, 4) is 0 Å². The summed E-state index contributed by atoms with van der Waals surface area (Å²) in [5.41, 5.74) is 0.814. The molecular formula is C15H22Cl2N2O. The standard InChI is InChI=1S/C15H21ClN2O.ClH/c1-17-9-10-18(11-17)15(14(16)19)8-4-6-12-5-2-3-7-13(12)15;/h4,6,8,13H,2-3,5,7,9-11H2,1H3;1H/t13-,15?;/m0./s1. The summed E-state index contributed by atoms with van der Waals surface area (Å²) in [5, 5.41) is -0.212. The van der Waals surface area contributed by atoms with Gasteiger partial charge in [0.1, 0.15) is 5.54 Å². The normalized spacial score (nSPS) is 34.3. The van der Waals surface area contributed by atoms with Crippen LogP contribution in [0.4, 0.5) is 0 Å². The average Bonchev–Trinajstić information content (AvgIpc) is 2.84. The van der Waals surface area contributed by atoms with Crippen LogP contribution >= 0.6 is 24.0 Å². The molecular weight excluding hydrogens is 295 g/mol. The fraction of sp³-hybridized carbons (Fsp3) is 0.667. The van der Waals surface area contributed by atoms with Gasteiger partial charge in [-0.2, -0.15) is 0 Å². The summed E-state index contributed by atoms with van der Waals surface area (Å²) in [5.74, 6) is 0.280. The minimum Gasteiger partial charge on any atom is -0.292 e. The third-order valence-electron chi connectivity index (χ3n) is 4.85. The Balaban J connectivity index is 0.00000147. The maximum absolute atomic E-state index is 12.3. The zero-order valence-electron chi connectivity index (χ0n) is 11.8. The van der Waals surface area contributed by atoms with Crippen LogP contribution in [0.5, 0.6) is 0 Å². The van der Waals surface area contributed by atoms with Crippen molar-refractivity contribution < 1.29 is 4.79 Å². The van der Waals surface area contributed by atoms with Crippen LogP contribution in [0.1, 0.15) is 25.7 Å². The second-order valence-corrected chi connectivity index (χ2v) is 6.33. The predicted octanol–water partition coefficient (Wildman–Crippen LogP) is 2.80. The molecule has 3 rings (SSSR count). The fourth-order valence-corrected chi connectivity index (χ4v) is 4.17. The SMILES string of the molecule is CN1CCN(C2(C(=O)Cl)C=CC=C3CCCC[C@@H]32)C1.Cl. The van der Waals surface area contributed by atoms with E-state index in [1.54, 1.807) is 0 Å². The molecule has 5 heteroatoms. The number of hydrogen-bond acceptors (Lipinski definition) is 3. The molecule has 20 heavy (non-hydrogen) atoms. The minimum absolute atomic E-state index is 0. The van der Waals surface area contributed by atoms with Gasteiger partial charge in [-0.3, -0.25) is 14.6 Å². The Morgan fingerprint density at radius 1 is 1.40 bits per heavy atom. The Hall–Kier alpha value is -0.350. The first-order valence-corrected chi connectivity index (χ1v) is 7.54. The van der Waals surface area contributed by atoms with Crippen LogP contribution in [-0.4, -0.2) is 47.4 Å². The van der Waals surface area contributed by atoms with Gasteiger partial charge in [-0.05, 0) is 37.9 Å². The van der Waals surface area contributed by atoms with Gasteiger partial charge in [-0.15, -0.1) is 12.4 Å². The quantitative estimate of drug-likeness (QED) is 0.732. The van der Waals surface area contributed by atoms with Crippen LogP contribution in [0.25, 0.3) is 0 Å². The summed E-state index contributed by atoms with van der Waals surface area (Å²) in [7, 11) is 2.09. The molecule has 1 unspecified atom stereocenters. The number of rotatable bonds is 2. The highest BCUT2D eigenvalue weighted by Gasteiger charge is 2.51. The smallest absolute Gasteiger partial charge is 0.246 e. The average molecular weight is 317 g/mol. The van der Waals surface area contributed by atoms with E-state index >= 15 is 0 Å². The van der Waals surface area contributed by atoms with E-state index in [2.05, 4.69) is 22.9 Å². The first kappa shape index (κ1) is 16.0. The number of carbonyl (C=O) groups is 1. The Morgan fingerprint density at radius 3 is 2.85 bits per heavy atom. The van der Waals surface area contributed by atoms with Gasteiger partial charge in [0.15, 0.2) is 0 Å². The monoisotopic (exact) mass is 316 g/mol. The number of fused-ring (bicyclic) bond motifs is 1. The molecule has 0 bridgehead atoms. The topological polar surface area (TPSA) is 23.6 Å². The molecule has 3 aliphatic rings. The van der Waals surface area contributed by atoms with Gasteiger partial charge in [-0.25, -0.2) is 0 Å². The Bertz CT molecular complexity index is 449. The molecule has 0 N–H and O–H groups in total. The van der Waals surface area contributed by atoms with Crippen molar-refractivity contribution in [1.29, 1.82) is 0 Å². The molecule has 112 valence electrons. The molecule has 0 aromatic carbocycles. The summed E-state index contributed by atoms with van der Waals surface area (Å²) in [6.07, 6.45) is 10.9. The Labute approximate surface area is 132 Å². The van der Waals surface area contributed by atoms with Gasteiger partial charge >= 0.3 is 0 Å². The number of nitrogens with zero attached hydrogens (tertiary/aromatic N) is 2. The van der Waals surface area contributed by atoms with Crippen LogP contribution in [0.2, 0.25) is 0 Å². The minimum atomic E-state index is -0.600. The van der Waals surface area contributed by atoms with Gasteiger partial charge in [0.05, 0.1) is 6.67 Å². The van der Waals surface area contributed by atoms with Crippen molar-refractivity contribution in [3.05, 3.63) is 23.8 Å². The second-order valence-electron chi connectivity index (χ2n) is 5.98. The van der Waals surface area contributed by atoms with Crippen molar-refractivity contribution in [2.24, 2.45) is 5.92 Å². The van der Waals surface area contributed by atoms with Crippen LogP contribution in [0, 0.1) is 5.92 Å². The first-order valence-electron chi connectivity index (χ1n) is 7.16. The number of allylic oxidation sites excluding steroid dienone is 2. The molecule has 1 heterocycles. The van der Waals surface area contributed by atoms with Crippen LogP contribution in [0.15, 0.2) is 23.8 Å². The molecule has 0 radical (unpaired) electrons. The molecule has 0 aromatic rings. The first-order chi connectivity index (χ1) is 9.14. The number of likely N-dealkylation sites (N-methyl/N-ethyl adjacent to an activating group) is 1. The Kier molecular flexibility index (Phi) is 4.96. The molecule has 1 saturated carbocycles. The van der Waals surface area contributed by atoms with E-state index in [1.165, 1.54) is 18.4 Å². The maximum atomic E-state index is 12.3. The molecule has 3 nitrogen and oxygen atoms in total. The lowest BCUT2D eigenvalue weighted by Gasteiger charge is -2.46. The van der Waals surface area contributed by atoms with Crippen molar-refractivity contribution >= 4 is 29.3 Å². The van der Waals surface area contributed by atoms with Gasteiger partial charge in [-0.1, -0.05) is 30.2 Å². The molecule has 2 aliphatic carbocycles. The van der Waals surface area contributed by atoms with Gasteiger partial charge in [0.25, 0.3) is 0 Å². The van der Waals surface area contributed by atoms with E-state index in [4.69, 9.17) is 11.6 Å². The Morgan fingerprint density at radius 2 is 2.20 bits per heavy atom. The molecule has 0 aromatic heterocycles. The van der Waals surface area contributed by atoms with Gasteiger partial charge in [0, 0.05) is 19.0 Å². The van der Waals surface area contributed by atoms with Crippen molar-refractivity contribution in [3.63, 3.8) is 0 Å². The van der Waals surface area contributed by atoms with Crippen LogP contribution < -0.4 is 0 Å². The number of carbonyl (C=O) groups excluding carboxylic acids is 1. The highest BCUT2D eigenvalue weighted by molar-refractivity contribution is 6.66. The van der Waals surface area contributed by atoms with E-state index in [9.17, 15) is 4.79 Å². The maximum Gasteiger partial charge on any atom is 0.246 e. The number of halogens is 2. The van der Waals surface area contributed by atoms with Crippen molar-refractivity contribution in [1.82, 2.24) is 9.80 Å². The molecule has 2 fully saturated rings. The number of hydrogen-bond donors (Lipinski definition) is 0. The second kappa shape index (κ2) is 6.18. The third-order valence-corrected chi connectivity index (χ3v) is 5.15. The van der Waals surface area contributed by atoms with E-state index < -0.39 is 5.54 Å². The zero-order valence-corrected chi connectivity index (χ0v) is 13.4. The highest BCUT2D eigenvalue weighted by Crippen LogP contribution is 2.45. The van der Waals surface area contributed by atoms with Crippen LogP contribution in [-0.2, 0) is 4.79 Å². The summed E-state index contributed by atoms with van der Waals surface area (Å²) < 4.78 is 0. The summed E-state index contributed by atoms with van der Waals surface area (Å²) in [4.78, 5) is 16.8. The predicted molar refractivity (Wildman–Crippen MR) is 84.2 cm³/mol. The molecule has 0 amide bonds. The zero-order chi connectivity index (χ0) is 13.5. The summed E-state index contributed by atoms with van der Waals surface area (Å²) in [6.45, 7) is 2.75. The molecule has 0 spiro atoms. The van der Waals surface area contributed by atoms with Crippen molar-refractivity contribution in [2.45, 2.75) is 31.2 Å². The van der Waals surface area contributed by atoms with Crippen LogP contribution in [0.3, 0.4) is 0 Å². The van der Waals surface area contributed by atoms with Gasteiger partial charge in [0.2, 0.25) is 5.24 Å². The lowest BCUT2D eigenvalue weighted by molar-refractivity contribution is -0.122. The van der Waals surface area contributed by atoms with E-state index in [0.29, 0.717) is 0 Å². The summed E-state index contributed by atoms with van der Waals surface area (Å²) in [6, 6.07) is 0. The molecule has 2 atom stereocenters. The lowest BCUT2D eigenvalue weighted by Crippen LogP contribution is -2.58. The molecule has 1 saturated heterocycles. The van der Waals surface area contributed by atoms with Crippen molar-refractivity contribution in [2.75, 3.05) is 26.8 Å². The molecule has 1 aliphatic heterocycles. The van der Waals surface area contributed by atoms with E-state index in [0.717, 1.165) is 32.6 Å². The highest BCUT2D eigenvalue weighted by atomic mass is 35.5. The van der Waals surface area contributed by atoms with E-state index in [-0.39, 0.29) is 23.6 Å². The van der Waals surface area contributed by atoms with Gasteiger partial charge < -0.3 is 0 Å². The lowest BCUT2D eigenvalue weighted by atomic mass is 9.69. The summed E-state index contributed by atoms with van der Waals surface area (Å²) >= 11 is 6.08. The fourth-order valence-electron chi connectivity index (χ4n) is 3.85. The van der Waals surface area contributed by atoms with E-state index in [1.807, 2.05) is 12.2 Å². The largest absolute Gasteiger partial charge is 0.292 e. The third kappa shape index (κ3) is 2.45.